The van der Waals surface area contributed by atoms with E-state index in [-0.39, 0.29) is 47.2 Å². The zero-order valence-electron chi connectivity index (χ0n) is 14.7. The normalized spacial score (nSPS) is 29.2. The minimum Gasteiger partial charge on any atom is -0.353 e. The first-order valence-corrected chi connectivity index (χ1v) is 11.3. The molecular formula is C18H26Cl5NO2. The average molecular weight is 466 g/mol. The molecule has 1 N–H and O–H groups in total. The summed E-state index contributed by atoms with van der Waals surface area (Å²) in [5.74, 6) is -1.16. The number of amides is 1. The highest BCUT2D eigenvalue weighted by Gasteiger charge is 2.40. The Morgan fingerprint density at radius 1 is 0.962 bits per heavy atom. The summed E-state index contributed by atoms with van der Waals surface area (Å²) in [6.45, 7) is 0. The van der Waals surface area contributed by atoms with Crippen molar-refractivity contribution < 1.29 is 9.59 Å². The molecule has 1 amide bonds. The van der Waals surface area contributed by atoms with Crippen molar-refractivity contribution in [2.45, 2.75) is 84.8 Å². The summed E-state index contributed by atoms with van der Waals surface area (Å²) in [4.78, 5) is 25.1. The van der Waals surface area contributed by atoms with Crippen LogP contribution in [-0.4, -0.2) is 32.3 Å². The van der Waals surface area contributed by atoms with Crippen molar-refractivity contribution >= 4 is 69.7 Å². The maximum Gasteiger partial charge on any atom is 0.220 e. The summed E-state index contributed by atoms with van der Waals surface area (Å²) < 4.78 is -1.68. The fraction of sp³-hybridized carbons (Fsp3) is 0.889. The smallest absolute Gasteiger partial charge is 0.220 e. The number of ketones is 1. The van der Waals surface area contributed by atoms with Crippen LogP contribution >= 0.6 is 58.0 Å². The third-order valence-electron chi connectivity index (χ3n) is 5.43. The van der Waals surface area contributed by atoms with E-state index in [1.807, 2.05) is 0 Å². The van der Waals surface area contributed by atoms with E-state index in [0.717, 1.165) is 32.1 Å². The summed E-state index contributed by atoms with van der Waals surface area (Å²) in [7, 11) is 0. The molecule has 2 aliphatic carbocycles. The van der Waals surface area contributed by atoms with E-state index in [2.05, 4.69) is 5.32 Å². The second kappa shape index (κ2) is 10.4. The first-order chi connectivity index (χ1) is 12.2. The third-order valence-corrected chi connectivity index (χ3v) is 7.24. The Kier molecular flexibility index (Phi) is 9.14. The van der Waals surface area contributed by atoms with Gasteiger partial charge in [0.05, 0.1) is 0 Å². The second-order valence-corrected chi connectivity index (χ2v) is 11.1. The van der Waals surface area contributed by atoms with Gasteiger partial charge in [-0.15, -0.1) is 23.2 Å². The fourth-order valence-corrected chi connectivity index (χ4v) is 5.24. The molecule has 0 saturated heterocycles. The molecule has 0 bridgehead atoms. The van der Waals surface area contributed by atoms with Gasteiger partial charge in [0.15, 0.2) is 3.79 Å². The molecule has 0 aromatic carbocycles. The molecule has 0 aliphatic heterocycles. The van der Waals surface area contributed by atoms with Gasteiger partial charge in [0, 0.05) is 41.5 Å². The van der Waals surface area contributed by atoms with Crippen molar-refractivity contribution in [3.05, 3.63) is 0 Å². The number of hydrogen-bond acceptors (Lipinski definition) is 2. The van der Waals surface area contributed by atoms with Crippen LogP contribution in [0.25, 0.3) is 0 Å². The molecule has 0 aromatic rings. The first kappa shape index (κ1) is 22.9. The van der Waals surface area contributed by atoms with E-state index in [9.17, 15) is 9.59 Å². The quantitative estimate of drug-likeness (QED) is 0.505. The van der Waals surface area contributed by atoms with Gasteiger partial charge in [0.2, 0.25) is 5.91 Å². The summed E-state index contributed by atoms with van der Waals surface area (Å²) >= 11 is 30.6. The van der Waals surface area contributed by atoms with E-state index in [1.54, 1.807) is 0 Å². The lowest BCUT2D eigenvalue weighted by Gasteiger charge is -2.31. The van der Waals surface area contributed by atoms with Crippen molar-refractivity contribution in [3.63, 3.8) is 0 Å². The third kappa shape index (κ3) is 7.20. The van der Waals surface area contributed by atoms with Crippen LogP contribution in [0.5, 0.6) is 0 Å². The van der Waals surface area contributed by atoms with E-state index < -0.39 is 9.71 Å². The van der Waals surface area contributed by atoms with Crippen molar-refractivity contribution in [2.24, 2.45) is 11.8 Å². The van der Waals surface area contributed by atoms with Crippen LogP contribution in [0.15, 0.2) is 0 Å². The fourth-order valence-electron chi connectivity index (χ4n) is 3.89. The zero-order chi connectivity index (χ0) is 19.3. The Morgan fingerprint density at radius 3 is 2.19 bits per heavy atom. The molecule has 3 nitrogen and oxygen atoms in total. The van der Waals surface area contributed by atoms with Gasteiger partial charge in [-0.1, -0.05) is 54.1 Å². The zero-order valence-corrected chi connectivity index (χ0v) is 18.4. The number of nitrogens with one attached hydrogen (secondary N) is 1. The number of halogens is 5. The molecular weight excluding hydrogens is 439 g/mol. The lowest BCUT2D eigenvalue weighted by atomic mass is 9.82. The van der Waals surface area contributed by atoms with Crippen LogP contribution in [0.2, 0.25) is 0 Å². The topological polar surface area (TPSA) is 46.2 Å². The molecule has 150 valence electrons. The van der Waals surface area contributed by atoms with Crippen LogP contribution in [0, 0.1) is 11.8 Å². The highest BCUT2D eigenvalue weighted by atomic mass is 35.6. The number of Topliss-reactive ketones (excluding diaryl/α,β-unsaturated/α-hetero) is 1. The number of rotatable bonds is 6. The average Bonchev–Trinajstić information content (AvgIpc) is 2.54. The molecule has 0 spiro atoms. The first-order valence-electron chi connectivity index (χ1n) is 9.33. The minimum atomic E-state index is -1.68. The van der Waals surface area contributed by atoms with Crippen molar-refractivity contribution in [1.29, 1.82) is 0 Å². The minimum absolute atomic E-state index is 0.00629. The molecule has 0 radical (unpaired) electrons. The maximum absolute atomic E-state index is 12.7. The van der Waals surface area contributed by atoms with Gasteiger partial charge < -0.3 is 5.32 Å². The second-order valence-electron chi connectivity index (χ2n) is 7.55. The lowest BCUT2D eigenvalue weighted by molar-refractivity contribution is -0.125. The Hall–Kier alpha value is 0.590. The van der Waals surface area contributed by atoms with Crippen LogP contribution in [-0.2, 0) is 9.59 Å². The monoisotopic (exact) mass is 463 g/mol. The van der Waals surface area contributed by atoms with Gasteiger partial charge in [-0.25, -0.2) is 0 Å². The Labute approximate surface area is 180 Å². The van der Waals surface area contributed by atoms with E-state index in [0.29, 0.717) is 12.8 Å². The van der Waals surface area contributed by atoms with E-state index in [4.69, 9.17) is 58.0 Å². The highest BCUT2D eigenvalue weighted by molar-refractivity contribution is 6.67. The molecule has 4 atom stereocenters. The molecule has 2 aliphatic rings. The standard InChI is InChI=1S/C18H26Cl5NO2/c19-12-6-7-14(15(20)10-12)16(25)8-11(18(21,22)23)9-17(26)24-13-4-2-1-3-5-13/h11-15H,1-10H2,(H,24,26)/t11-,12?,14?,15?/m1/s1. The molecule has 8 heteroatoms. The number of alkyl halides is 5. The summed E-state index contributed by atoms with van der Waals surface area (Å²) in [5.41, 5.74) is 0. The van der Waals surface area contributed by atoms with Gasteiger partial charge in [-0.2, -0.15) is 0 Å². The van der Waals surface area contributed by atoms with Crippen LogP contribution in [0.3, 0.4) is 0 Å². The summed E-state index contributed by atoms with van der Waals surface area (Å²) in [5, 5.41) is 2.73. The number of hydrogen-bond donors (Lipinski definition) is 1. The lowest BCUT2D eigenvalue weighted by Crippen LogP contribution is -2.40. The maximum atomic E-state index is 12.7. The van der Waals surface area contributed by atoms with Gasteiger partial charge in [0.25, 0.3) is 0 Å². The molecule has 0 heterocycles. The van der Waals surface area contributed by atoms with Crippen LogP contribution in [0.4, 0.5) is 0 Å². The predicted molar refractivity (Wildman–Crippen MR) is 110 cm³/mol. The predicted octanol–water partition coefficient (Wildman–Crippen LogP) is 5.79. The largest absolute Gasteiger partial charge is 0.353 e. The number of carbonyl (C=O) groups is 2. The summed E-state index contributed by atoms with van der Waals surface area (Å²) in [6, 6.07) is 0.189. The van der Waals surface area contributed by atoms with Gasteiger partial charge >= 0.3 is 0 Å². The number of carbonyl (C=O) groups excluding carboxylic acids is 2. The molecule has 3 unspecified atom stereocenters. The van der Waals surface area contributed by atoms with Crippen LogP contribution in [0.1, 0.15) is 64.2 Å². The Morgan fingerprint density at radius 2 is 1.62 bits per heavy atom. The molecule has 2 saturated carbocycles. The highest BCUT2D eigenvalue weighted by Crippen LogP contribution is 2.41. The summed E-state index contributed by atoms with van der Waals surface area (Å²) in [6.07, 6.45) is 7.48. The van der Waals surface area contributed by atoms with Gasteiger partial charge in [0.1, 0.15) is 5.78 Å². The van der Waals surface area contributed by atoms with Crippen molar-refractivity contribution in [1.82, 2.24) is 5.32 Å². The van der Waals surface area contributed by atoms with Crippen LogP contribution < -0.4 is 5.32 Å². The Bertz CT molecular complexity index is 490. The van der Waals surface area contributed by atoms with E-state index >= 15 is 0 Å². The van der Waals surface area contributed by atoms with Crippen molar-refractivity contribution in [3.8, 4) is 0 Å². The van der Waals surface area contributed by atoms with Crippen molar-refractivity contribution in [2.75, 3.05) is 0 Å². The SMILES string of the molecule is O=C(C[C@@H](CC(=O)C1CCC(Cl)CC1Cl)C(Cl)(Cl)Cl)NC1CCCCC1. The van der Waals surface area contributed by atoms with Gasteiger partial charge in [-0.05, 0) is 32.1 Å². The molecule has 26 heavy (non-hydrogen) atoms. The molecule has 0 aromatic heterocycles. The van der Waals surface area contributed by atoms with Gasteiger partial charge in [-0.3, -0.25) is 9.59 Å². The Balaban J connectivity index is 1.92. The van der Waals surface area contributed by atoms with E-state index in [1.165, 1.54) is 6.42 Å². The molecule has 2 rings (SSSR count). The molecule has 2 fully saturated rings.